The van der Waals surface area contributed by atoms with Crippen molar-refractivity contribution in [1.82, 2.24) is 10.3 Å². The number of nitrogens with two attached hydrogens (primary N) is 1. The van der Waals surface area contributed by atoms with Gasteiger partial charge in [0.1, 0.15) is 5.69 Å². The third-order valence-corrected chi connectivity index (χ3v) is 3.34. The van der Waals surface area contributed by atoms with Gasteiger partial charge in [0.05, 0.1) is 6.10 Å². The lowest BCUT2D eigenvalue weighted by Crippen LogP contribution is -2.36. The monoisotopic (exact) mass is 237 g/mol. The molecule has 1 aromatic rings. The first-order valence-electron chi connectivity index (χ1n) is 6.07. The lowest BCUT2D eigenvalue weighted by molar-refractivity contribution is 0.0662. The van der Waals surface area contributed by atoms with Gasteiger partial charge in [0.25, 0.3) is 5.91 Å². The Bertz CT molecular complexity index is 389. The van der Waals surface area contributed by atoms with E-state index in [1.165, 1.54) is 0 Å². The van der Waals surface area contributed by atoms with Gasteiger partial charge < -0.3 is 21.1 Å². The van der Waals surface area contributed by atoms with E-state index in [0.29, 0.717) is 17.9 Å². The van der Waals surface area contributed by atoms with Crippen LogP contribution in [0.25, 0.3) is 0 Å². The minimum Gasteiger partial charge on any atom is -0.397 e. The molecule has 5 heteroatoms. The molecule has 2 rings (SSSR count). The van der Waals surface area contributed by atoms with Crippen molar-refractivity contribution in [1.29, 1.82) is 0 Å². The van der Waals surface area contributed by atoms with E-state index in [0.717, 1.165) is 25.7 Å². The molecule has 2 unspecified atom stereocenters. The fraction of sp³-hybridized carbons (Fsp3) is 0.583. The second-order valence-electron chi connectivity index (χ2n) is 4.67. The van der Waals surface area contributed by atoms with Gasteiger partial charge in [-0.2, -0.15) is 0 Å². The summed E-state index contributed by atoms with van der Waals surface area (Å²) in [6.07, 6.45) is 5.35. The number of carbonyl (C=O) groups excluding carboxylic acids is 1. The highest BCUT2D eigenvalue weighted by atomic mass is 16.3. The minimum atomic E-state index is -0.280. The number of nitrogens with one attached hydrogen (secondary N) is 2. The number of aliphatic hydroxyl groups excluding tert-OH is 1. The fourth-order valence-electron chi connectivity index (χ4n) is 2.29. The third kappa shape index (κ3) is 3.00. The predicted molar refractivity (Wildman–Crippen MR) is 65.5 cm³/mol. The molecule has 5 nitrogen and oxygen atoms in total. The second kappa shape index (κ2) is 5.23. The number of carbonyl (C=O) groups is 1. The van der Waals surface area contributed by atoms with Crippen molar-refractivity contribution in [2.45, 2.75) is 31.8 Å². The average molecular weight is 237 g/mol. The normalized spacial score (nSPS) is 24.5. The van der Waals surface area contributed by atoms with Crippen molar-refractivity contribution in [2.75, 3.05) is 12.3 Å². The number of anilines is 1. The molecule has 5 N–H and O–H groups in total. The molecule has 1 amide bonds. The molecule has 0 aliphatic heterocycles. The number of amides is 1. The Morgan fingerprint density at radius 3 is 2.94 bits per heavy atom. The lowest BCUT2D eigenvalue weighted by atomic mass is 9.86. The molecule has 1 saturated carbocycles. The number of H-pyrrole nitrogens is 1. The summed E-state index contributed by atoms with van der Waals surface area (Å²) in [6.45, 7) is 0.527. The molecule has 1 aliphatic rings. The van der Waals surface area contributed by atoms with E-state index in [-0.39, 0.29) is 17.9 Å². The highest BCUT2D eigenvalue weighted by Crippen LogP contribution is 2.23. The molecular weight excluding hydrogens is 218 g/mol. The Morgan fingerprint density at radius 1 is 1.53 bits per heavy atom. The van der Waals surface area contributed by atoms with Gasteiger partial charge in [0.15, 0.2) is 0 Å². The Labute approximate surface area is 100 Å². The Morgan fingerprint density at radius 2 is 2.29 bits per heavy atom. The van der Waals surface area contributed by atoms with E-state index in [2.05, 4.69) is 10.3 Å². The molecular formula is C12H19N3O2. The molecule has 1 aromatic heterocycles. The second-order valence-corrected chi connectivity index (χ2v) is 4.67. The molecule has 94 valence electrons. The van der Waals surface area contributed by atoms with E-state index < -0.39 is 0 Å². The first-order valence-corrected chi connectivity index (χ1v) is 6.07. The van der Waals surface area contributed by atoms with Gasteiger partial charge in [0.2, 0.25) is 0 Å². The van der Waals surface area contributed by atoms with Crippen molar-refractivity contribution in [2.24, 2.45) is 5.92 Å². The maximum Gasteiger partial charge on any atom is 0.267 e. The topological polar surface area (TPSA) is 91.1 Å². The SMILES string of the molecule is Nc1c[nH]c(C(=O)NCC2CCCCC2O)c1. The van der Waals surface area contributed by atoms with Gasteiger partial charge in [-0.3, -0.25) is 4.79 Å². The average Bonchev–Trinajstić information content (AvgIpc) is 2.74. The van der Waals surface area contributed by atoms with Crippen LogP contribution < -0.4 is 11.1 Å². The first-order chi connectivity index (χ1) is 8.16. The molecule has 17 heavy (non-hydrogen) atoms. The summed E-state index contributed by atoms with van der Waals surface area (Å²) in [5, 5.41) is 12.6. The number of hydrogen-bond acceptors (Lipinski definition) is 3. The maximum absolute atomic E-state index is 11.7. The van der Waals surface area contributed by atoms with E-state index >= 15 is 0 Å². The number of nitrogen functional groups attached to an aromatic ring is 1. The van der Waals surface area contributed by atoms with Gasteiger partial charge in [-0.15, -0.1) is 0 Å². The zero-order chi connectivity index (χ0) is 12.3. The molecule has 1 heterocycles. The van der Waals surface area contributed by atoms with Crippen LogP contribution in [0.1, 0.15) is 36.2 Å². The van der Waals surface area contributed by atoms with Crippen molar-refractivity contribution in [3.63, 3.8) is 0 Å². The molecule has 0 bridgehead atoms. The number of aromatic amines is 1. The number of hydrogen-bond donors (Lipinski definition) is 4. The summed E-state index contributed by atoms with van der Waals surface area (Å²) in [7, 11) is 0. The third-order valence-electron chi connectivity index (χ3n) is 3.34. The number of aliphatic hydroxyl groups is 1. The van der Waals surface area contributed by atoms with Crippen LogP contribution in [-0.4, -0.2) is 28.6 Å². The summed E-state index contributed by atoms with van der Waals surface area (Å²) in [6, 6.07) is 1.60. The van der Waals surface area contributed by atoms with Crippen molar-refractivity contribution in [3.8, 4) is 0 Å². The van der Waals surface area contributed by atoms with Gasteiger partial charge in [-0.25, -0.2) is 0 Å². The summed E-state index contributed by atoms with van der Waals surface area (Å²) < 4.78 is 0. The first kappa shape index (κ1) is 12.0. The Hall–Kier alpha value is -1.49. The molecule has 0 saturated heterocycles. The van der Waals surface area contributed by atoms with E-state index in [1.54, 1.807) is 12.3 Å². The van der Waals surface area contributed by atoms with Crippen LogP contribution in [0.4, 0.5) is 5.69 Å². The highest BCUT2D eigenvalue weighted by Gasteiger charge is 2.23. The minimum absolute atomic E-state index is 0.167. The standard InChI is InChI=1S/C12H19N3O2/c13-9-5-10(14-7-9)12(17)15-6-8-3-1-2-4-11(8)16/h5,7-8,11,14,16H,1-4,6,13H2,(H,15,17). The fourth-order valence-corrected chi connectivity index (χ4v) is 2.29. The predicted octanol–water partition coefficient (Wildman–Crippen LogP) is 0.878. The van der Waals surface area contributed by atoms with Crippen LogP contribution in [0.2, 0.25) is 0 Å². The number of rotatable bonds is 3. The van der Waals surface area contributed by atoms with Crippen LogP contribution >= 0.6 is 0 Å². The highest BCUT2D eigenvalue weighted by molar-refractivity contribution is 5.93. The van der Waals surface area contributed by atoms with Gasteiger partial charge in [-0.05, 0) is 18.9 Å². The summed E-state index contributed by atoms with van der Waals surface area (Å²) >= 11 is 0. The van der Waals surface area contributed by atoms with E-state index in [1.807, 2.05) is 0 Å². The molecule has 1 fully saturated rings. The molecule has 0 spiro atoms. The summed E-state index contributed by atoms with van der Waals surface area (Å²) in [4.78, 5) is 14.5. The molecule has 1 aliphatic carbocycles. The van der Waals surface area contributed by atoms with Crippen molar-refractivity contribution in [3.05, 3.63) is 18.0 Å². The Kier molecular flexibility index (Phi) is 3.68. The lowest BCUT2D eigenvalue weighted by Gasteiger charge is -2.27. The maximum atomic E-state index is 11.7. The van der Waals surface area contributed by atoms with E-state index in [9.17, 15) is 9.90 Å². The van der Waals surface area contributed by atoms with Crippen LogP contribution in [0.3, 0.4) is 0 Å². The summed E-state index contributed by atoms with van der Waals surface area (Å²) in [5.41, 5.74) is 6.54. The van der Waals surface area contributed by atoms with Crippen LogP contribution in [0, 0.1) is 5.92 Å². The van der Waals surface area contributed by atoms with Crippen LogP contribution in [0.15, 0.2) is 12.3 Å². The van der Waals surface area contributed by atoms with E-state index in [4.69, 9.17) is 5.73 Å². The van der Waals surface area contributed by atoms with Gasteiger partial charge in [-0.1, -0.05) is 12.8 Å². The molecule has 0 radical (unpaired) electrons. The summed E-state index contributed by atoms with van der Waals surface area (Å²) in [5.74, 6) is 0.0134. The zero-order valence-electron chi connectivity index (χ0n) is 9.78. The Balaban J connectivity index is 1.83. The largest absolute Gasteiger partial charge is 0.397 e. The van der Waals surface area contributed by atoms with Crippen molar-refractivity contribution >= 4 is 11.6 Å². The number of aromatic nitrogens is 1. The van der Waals surface area contributed by atoms with Gasteiger partial charge in [0, 0.05) is 24.3 Å². The van der Waals surface area contributed by atoms with Gasteiger partial charge >= 0.3 is 0 Å². The van der Waals surface area contributed by atoms with Crippen LogP contribution in [0.5, 0.6) is 0 Å². The smallest absolute Gasteiger partial charge is 0.267 e. The van der Waals surface area contributed by atoms with Crippen LogP contribution in [-0.2, 0) is 0 Å². The molecule has 2 atom stereocenters. The zero-order valence-corrected chi connectivity index (χ0v) is 9.78. The molecule has 0 aromatic carbocycles. The van der Waals surface area contributed by atoms with Crippen molar-refractivity contribution < 1.29 is 9.90 Å². The quantitative estimate of drug-likeness (QED) is 0.629.